The first kappa shape index (κ1) is 26.1. The molecule has 0 atom stereocenters. The van der Waals surface area contributed by atoms with Crippen molar-refractivity contribution in [2.45, 2.75) is 37.9 Å². The van der Waals surface area contributed by atoms with Gasteiger partial charge in [-0.2, -0.15) is 0 Å². The number of benzene rings is 3. The number of hydrogen-bond donors (Lipinski definition) is 2. The van der Waals surface area contributed by atoms with Crippen LogP contribution in [0.2, 0.25) is 0 Å². The van der Waals surface area contributed by atoms with Crippen molar-refractivity contribution in [2.75, 3.05) is 11.1 Å². The lowest BCUT2D eigenvalue weighted by Crippen LogP contribution is -2.25. The van der Waals surface area contributed by atoms with Crippen LogP contribution in [0.3, 0.4) is 0 Å². The van der Waals surface area contributed by atoms with Crippen molar-refractivity contribution >= 4 is 29.3 Å². The maximum Gasteiger partial charge on any atom is 0.251 e. The van der Waals surface area contributed by atoms with E-state index >= 15 is 0 Å². The molecule has 0 fully saturated rings. The van der Waals surface area contributed by atoms with E-state index in [1.54, 1.807) is 0 Å². The van der Waals surface area contributed by atoms with Gasteiger partial charge in [-0.3, -0.25) is 14.2 Å². The van der Waals surface area contributed by atoms with E-state index in [9.17, 15) is 14.0 Å². The van der Waals surface area contributed by atoms with E-state index < -0.39 is 0 Å². The molecule has 0 saturated heterocycles. The van der Waals surface area contributed by atoms with Crippen LogP contribution in [-0.2, 0) is 16.8 Å². The Hall–Kier alpha value is -3.98. The third-order valence-electron chi connectivity index (χ3n) is 5.60. The standard InChI is InChI=1S/C28H28FN5O2S/c1-28(2,3)20-11-9-19(10-12-20)26(36)30-17-24-32-33-27(34(24)23-7-5-4-6-8-23)37-18-25(35)31-22-15-13-21(29)14-16-22/h4-16H,17-18H2,1-3H3,(H,30,36)(H,31,35). The molecule has 0 aliphatic heterocycles. The fourth-order valence-corrected chi connectivity index (χ4v) is 4.36. The van der Waals surface area contributed by atoms with Crippen LogP contribution in [0.1, 0.15) is 42.5 Å². The molecule has 4 rings (SSSR count). The van der Waals surface area contributed by atoms with Gasteiger partial charge in [0.25, 0.3) is 5.91 Å². The van der Waals surface area contributed by atoms with E-state index in [-0.39, 0.29) is 35.3 Å². The summed E-state index contributed by atoms with van der Waals surface area (Å²) in [5.41, 5.74) is 3.04. The van der Waals surface area contributed by atoms with Gasteiger partial charge in [-0.05, 0) is 59.5 Å². The largest absolute Gasteiger partial charge is 0.345 e. The lowest BCUT2D eigenvalue weighted by molar-refractivity contribution is -0.113. The van der Waals surface area contributed by atoms with Crippen LogP contribution in [0.25, 0.3) is 5.69 Å². The molecule has 7 nitrogen and oxygen atoms in total. The summed E-state index contributed by atoms with van der Waals surface area (Å²) in [6.45, 7) is 6.53. The lowest BCUT2D eigenvalue weighted by Gasteiger charge is -2.19. The third kappa shape index (κ3) is 6.83. The molecule has 2 amide bonds. The molecule has 0 spiro atoms. The van der Waals surface area contributed by atoms with Gasteiger partial charge < -0.3 is 10.6 Å². The van der Waals surface area contributed by atoms with Crippen LogP contribution in [0.4, 0.5) is 10.1 Å². The number of thioether (sulfide) groups is 1. The molecule has 0 unspecified atom stereocenters. The van der Waals surface area contributed by atoms with Crippen LogP contribution in [-0.4, -0.2) is 32.3 Å². The Kier molecular flexibility index (Phi) is 8.03. The van der Waals surface area contributed by atoms with E-state index in [0.29, 0.717) is 22.2 Å². The highest BCUT2D eigenvalue weighted by Crippen LogP contribution is 2.24. The lowest BCUT2D eigenvalue weighted by atomic mass is 9.87. The average molecular weight is 518 g/mol. The zero-order valence-electron chi connectivity index (χ0n) is 20.9. The Bertz CT molecular complexity index is 1360. The van der Waals surface area contributed by atoms with E-state index in [4.69, 9.17) is 0 Å². The molecule has 190 valence electrons. The van der Waals surface area contributed by atoms with Crippen LogP contribution in [0, 0.1) is 5.82 Å². The van der Waals surface area contributed by atoms with Crippen LogP contribution in [0.15, 0.2) is 84.0 Å². The van der Waals surface area contributed by atoms with Crippen molar-refractivity contribution < 1.29 is 14.0 Å². The Balaban J connectivity index is 1.45. The number of hydrogen-bond acceptors (Lipinski definition) is 5. The SMILES string of the molecule is CC(C)(C)c1ccc(C(=O)NCc2nnc(SCC(=O)Nc3ccc(F)cc3)n2-c2ccccc2)cc1. The molecule has 0 aliphatic rings. The average Bonchev–Trinajstić information content (AvgIpc) is 3.30. The van der Waals surface area contributed by atoms with E-state index in [1.165, 1.54) is 36.0 Å². The quantitative estimate of drug-likeness (QED) is 0.307. The number of anilines is 1. The van der Waals surface area contributed by atoms with Crippen molar-refractivity contribution in [2.24, 2.45) is 0 Å². The highest BCUT2D eigenvalue weighted by molar-refractivity contribution is 7.99. The summed E-state index contributed by atoms with van der Waals surface area (Å²) in [5.74, 6) is -0.227. The van der Waals surface area contributed by atoms with Gasteiger partial charge in [0.15, 0.2) is 11.0 Å². The number of rotatable bonds is 8. The minimum atomic E-state index is -0.370. The zero-order valence-corrected chi connectivity index (χ0v) is 21.7. The molecule has 3 aromatic carbocycles. The minimum Gasteiger partial charge on any atom is -0.345 e. The second-order valence-electron chi connectivity index (χ2n) is 9.42. The van der Waals surface area contributed by atoms with Gasteiger partial charge in [-0.25, -0.2) is 4.39 Å². The molecular weight excluding hydrogens is 489 g/mol. The van der Waals surface area contributed by atoms with Crippen LogP contribution in [0.5, 0.6) is 0 Å². The predicted octanol–water partition coefficient (Wildman–Crippen LogP) is 5.36. The minimum absolute atomic E-state index is 0.00506. The number of nitrogens with zero attached hydrogens (tertiary/aromatic N) is 3. The fourth-order valence-electron chi connectivity index (χ4n) is 3.59. The van der Waals surface area contributed by atoms with Crippen LogP contribution < -0.4 is 10.6 Å². The molecule has 2 N–H and O–H groups in total. The van der Waals surface area contributed by atoms with E-state index in [1.807, 2.05) is 59.2 Å². The van der Waals surface area contributed by atoms with Crippen molar-refractivity contribution in [1.82, 2.24) is 20.1 Å². The van der Waals surface area contributed by atoms with Gasteiger partial charge in [0.1, 0.15) is 5.82 Å². The molecule has 37 heavy (non-hydrogen) atoms. The fraction of sp³-hybridized carbons (Fsp3) is 0.214. The third-order valence-corrected chi connectivity index (χ3v) is 6.52. The van der Waals surface area contributed by atoms with E-state index in [2.05, 4.69) is 41.6 Å². The zero-order chi connectivity index (χ0) is 26.4. The highest BCUT2D eigenvalue weighted by atomic mass is 32.2. The number of nitrogens with one attached hydrogen (secondary N) is 2. The van der Waals surface area contributed by atoms with Gasteiger partial charge in [-0.1, -0.05) is 62.9 Å². The second kappa shape index (κ2) is 11.4. The van der Waals surface area contributed by atoms with Gasteiger partial charge in [0.05, 0.1) is 12.3 Å². The number of carbonyl (C=O) groups is 2. The molecule has 1 heterocycles. The molecule has 0 aliphatic carbocycles. The van der Waals surface area contributed by atoms with Crippen molar-refractivity contribution in [1.29, 1.82) is 0 Å². The number of amides is 2. The first-order chi connectivity index (χ1) is 17.7. The number of aromatic nitrogens is 3. The maximum atomic E-state index is 13.1. The summed E-state index contributed by atoms with van der Waals surface area (Å²) in [6.07, 6.45) is 0. The molecule has 1 aromatic heterocycles. The smallest absolute Gasteiger partial charge is 0.251 e. The van der Waals surface area contributed by atoms with Crippen LogP contribution >= 0.6 is 11.8 Å². The highest BCUT2D eigenvalue weighted by Gasteiger charge is 2.18. The normalized spacial score (nSPS) is 11.2. The molecule has 0 radical (unpaired) electrons. The number of para-hydroxylation sites is 1. The molecule has 9 heteroatoms. The monoisotopic (exact) mass is 517 g/mol. The van der Waals surface area contributed by atoms with Crippen molar-refractivity contribution in [3.63, 3.8) is 0 Å². The van der Waals surface area contributed by atoms with E-state index in [0.717, 1.165) is 11.3 Å². The molecule has 0 bridgehead atoms. The Morgan fingerprint density at radius 2 is 1.59 bits per heavy atom. The molecule has 4 aromatic rings. The second-order valence-corrected chi connectivity index (χ2v) is 10.4. The summed E-state index contributed by atoms with van der Waals surface area (Å²) in [4.78, 5) is 25.2. The topological polar surface area (TPSA) is 88.9 Å². The maximum absolute atomic E-state index is 13.1. The van der Waals surface area contributed by atoms with Crippen molar-refractivity contribution in [3.05, 3.63) is 102 Å². The van der Waals surface area contributed by atoms with Gasteiger partial charge >= 0.3 is 0 Å². The summed E-state index contributed by atoms with van der Waals surface area (Å²) in [5, 5.41) is 14.7. The molecular formula is C28H28FN5O2S. The predicted molar refractivity (Wildman–Crippen MR) is 143 cm³/mol. The Morgan fingerprint density at radius 1 is 0.919 bits per heavy atom. The number of halogens is 1. The Labute approximate surface area is 219 Å². The summed E-state index contributed by atoms with van der Waals surface area (Å²) in [6, 6.07) is 22.6. The van der Waals surface area contributed by atoms with Gasteiger partial charge in [-0.15, -0.1) is 10.2 Å². The number of carbonyl (C=O) groups excluding carboxylic acids is 2. The first-order valence-corrected chi connectivity index (χ1v) is 12.8. The van der Waals surface area contributed by atoms with Crippen molar-refractivity contribution in [3.8, 4) is 5.69 Å². The Morgan fingerprint density at radius 3 is 2.24 bits per heavy atom. The summed E-state index contributed by atoms with van der Waals surface area (Å²) < 4.78 is 14.9. The summed E-state index contributed by atoms with van der Waals surface area (Å²) in [7, 11) is 0. The first-order valence-electron chi connectivity index (χ1n) is 11.8. The van der Waals surface area contributed by atoms with Gasteiger partial charge in [0, 0.05) is 16.9 Å². The van der Waals surface area contributed by atoms with Gasteiger partial charge in [0.2, 0.25) is 5.91 Å². The molecule has 0 saturated carbocycles. The summed E-state index contributed by atoms with van der Waals surface area (Å²) >= 11 is 1.22.